The zero-order chi connectivity index (χ0) is 12.6. The Balaban J connectivity index is 2.24. The minimum absolute atomic E-state index is 0.210. The van der Waals surface area contributed by atoms with Crippen LogP contribution < -0.4 is 11.1 Å². The van der Waals surface area contributed by atoms with E-state index in [9.17, 15) is 4.79 Å². The number of hydrogen-bond donors (Lipinski definition) is 2. The van der Waals surface area contributed by atoms with E-state index in [2.05, 4.69) is 5.32 Å². The molecule has 1 fully saturated rings. The number of carbonyl (C=O) groups excluding carboxylic acids is 1. The van der Waals surface area contributed by atoms with Gasteiger partial charge in [0.2, 0.25) is 5.91 Å². The largest absolute Gasteiger partial charge is 0.322 e. The third-order valence-electron chi connectivity index (χ3n) is 3.22. The van der Waals surface area contributed by atoms with Gasteiger partial charge in [0.25, 0.3) is 0 Å². The van der Waals surface area contributed by atoms with Crippen molar-refractivity contribution in [2.45, 2.75) is 31.7 Å². The molecule has 0 heterocycles. The van der Waals surface area contributed by atoms with Crippen LogP contribution in [0.4, 0.5) is 5.69 Å². The average Bonchev–Trinajstić information content (AvgIpc) is 2.26. The van der Waals surface area contributed by atoms with Gasteiger partial charge >= 0.3 is 0 Å². The lowest BCUT2D eigenvalue weighted by molar-refractivity contribution is -0.123. The van der Waals surface area contributed by atoms with Gasteiger partial charge in [0.05, 0.1) is 21.3 Å². The Morgan fingerprint density at radius 2 is 2.06 bits per heavy atom. The summed E-state index contributed by atoms with van der Waals surface area (Å²) in [5.41, 5.74) is 6.50. The van der Waals surface area contributed by atoms with Crippen molar-refractivity contribution in [1.29, 1.82) is 0 Å². The fourth-order valence-electron chi connectivity index (χ4n) is 1.79. The molecule has 3 N–H and O–H groups in total. The molecule has 92 valence electrons. The van der Waals surface area contributed by atoms with Gasteiger partial charge < -0.3 is 11.1 Å². The van der Waals surface area contributed by atoms with Crippen LogP contribution in [0.1, 0.15) is 24.8 Å². The van der Waals surface area contributed by atoms with Crippen LogP contribution in [0.2, 0.25) is 10.0 Å². The summed E-state index contributed by atoms with van der Waals surface area (Å²) >= 11 is 12.1. The number of nitrogens with two attached hydrogens (primary N) is 1. The zero-order valence-corrected chi connectivity index (χ0v) is 11.0. The van der Waals surface area contributed by atoms with E-state index in [1.165, 1.54) is 0 Å². The number of halogens is 2. The number of carbonyl (C=O) groups is 1. The monoisotopic (exact) mass is 272 g/mol. The van der Waals surface area contributed by atoms with Gasteiger partial charge in [-0.2, -0.15) is 0 Å². The Morgan fingerprint density at radius 3 is 2.59 bits per heavy atom. The van der Waals surface area contributed by atoms with Crippen LogP contribution in [-0.2, 0) is 4.79 Å². The summed E-state index contributed by atoms with van der Waals surface area (Å²) in [6, 6.07) is 3.52. The van der Waals surface area contributed by atoms with Crippen LogP contribution in [0, 0.1) is 6.92 Å². The number of benzene rings is 1. The van der Waals surface area contributed by atoms with E-state index in [-0.39, 0.29) is 5.91 Å². The Labute approximate surface area is 110 Å². The fourth-order valence-corrected chi connectivity index (χ4v) is 2.26. The molecule has 1 aliphatic rings. The lowest BCUT2D eigenvalue weighted by atomic mass is 9.77. The van der Waals surface area contributed by atoms with Crippen LogP contribution in [-0.4, -0.2) is 11.4 Å². The van der Waals surface area contributed by atoms with E-state index in [4.69, 9.17) is 28.9 Å². The Hall–Kier alpha value is -0.770. The molecule has 0 atom stereocenters. The molecular formula is C12H14Cl2N2O. The molecule has 1 aliphatic carbocycles. The molecule has 0 aromatic heterocycles. The molecule has 0 radical (unpaired) electrons. The lowest BCUT2D eigenvalue weighted by Crippen LogP contribution is -2.56. The first-order valence-corrected chi connectivity index (χ1v) is 6.24. The van der Waals surface area contributed by atoms with Crippen molar-refractivity contribution in [3.05, 3.63) is 27.7 Å². The normalized spacial score (nSPS) is 17.4. The van der Waals surface area contributed by atoms with Gasteiger partial charge in [0.1, 0.15) is 0 Å². The van der Waals surface area contributed by atoms with Crippen molar-refractivity contribution in [2.24, 2.45) is 5.73 Å². The molecule has 0 spiro atoms. The van der Waals surface area contributed by atoms with Crippen molar-refractivity contribution in [3.63, 3.8) is 0 Å². The first-order chi connectivity index (χ1) is 7.94. The van der Waals surface area contributed by atoms with Crippen LogP contribution in [0.5, 0.6) is 0 Å². The molecular weight excluding hydrogens is 259 g/mol. The SMILES string of the molecule is Cc1ccc(Cl)c(NC(=O)C2(N)CCC2)c1Cl. The highest BCUT2D eigenvalue weighted by atomic mass is 35.5. The van der Waals surface area contributed by atoms with Gasteiger partial charge in [-0.3, -0.25) is 4.79 Å². The first kappa shape index (κ1) is 12.7. The molecule has 1 aromatic carbocycles. The maximum atomic E-state index is 12.0. The van der Waals surface area contributed by atoms with Gasteiger partial charge in [-0.15, -0.1) is 0 Å². The van der Waals surface area contributed by atoms with E-state index >= 15 is 0 Å². The van der Waals surface area contributed by atoms with Crippen molar-refractivity contribution in [2.75, 3.05) is 5.32 Å². The Kier molecular flexibility index (Phi) is 3.34. The topological polar surface area (TPSA) is 55.1 Å². The molecule has 1 saturated carbocycles. The van der Waals surface area contributed by atoms with Gasteiger partial charge in [0, 0.05) is 0 Å². The lowest BCUT2D eigenvalue weighted by Gasteiger charge is -2.36. The summed E-state index contributed by atoms with van der Waals surface area (Å²) in [7, 11) is 0. The number of rotatable bonds is 2. The highest BCUT2D eigenvalue weighted by Crippen LogP contribution is 2.35. The van der Waals surface area contributed by atoms with E-state index < -0.39 is 5.54 Å². The quantitative estimate of drug-likeness (QED) is 0.869. The predicted octanol–water partition coefficient (Wildman–Crippen LogP) is 3.12. The maximum Gasteiger partial charge on any atom is 0.244 e. The average molecular weight is 273 g/mol. The van der Waals surface area contributed by atoms with Crippen LogP contribution in [0.25, 0.3) is 0 Å². The molecule has 1 aromatic rings. The number of hydrogen-bond acceptors (Lipinski definition) is 2. The molecule has 0 unspecified atom stereocenters. The number of amides is 1. The second kappa shape index (κ2) is 4.48. The predicted molar refractivity (Wildman–Crippen MR) is 70.6 cm³/mol. The first-order valence-electron chi connectivity index (χ1n) is 5.49. The van der Waals surface area contributed by atoms with E-state index in [1.807, 2.05) is 13.0 Å². The number of aryl methyl sites for hydroxylation is 1. The zero-order valence-electron chi connectivity index (χ0n) is 9.52. The van der Waals surface area contributed by atoms with Crippen molar-refractivity contribution < 1.29 is 4.79 Å². The molecule has 0 saturated heterocycles. The highest BCUT2D eigenvalue weighted by molar-refractivity contribution is 6.40. The summed E-state index contributed by atoms with van der Waals surface area (Å²) < 4.78 is 0. The minimum Gasteiger partial charge on any atom is -0.322 e. The highest BCUT2D eigenvalue weighted by Gasteiger charge is 2.40. The number of nitrogens with one attached hydrogen (secondary N) is 1. The summed E-state index contributed by atoms with van der Waals surface area (Å²) in [6.07, 6.45) is 2.40. The van der Waals surface area contributed by atoms with E-state index in [0.717, 1.165) is 12.0 Å². The second-order valence-electron chi connectivity index (χ2n) is 4.52. The number of anilines is 1. The summed E-state index contributed by atoms with van der Waals surface area (Å²) in [5.74, 6) is -0.210. The second-order valence-corrected chi connectivity index (χ2v) is 5.30. The summed E-state index contributed by atoms with van der Waals surface area (Å²) in [4.78, 5) is 12.0. The Morgan fingerprint density at radius 1 is 1.41 bits per heavy atom. The molecule has 0 aliphatic heterocycles. The standard InChI is InChI=1S/C12H14Cl2N2O/c1-7-3-4-8(13)10(9(7)14)16-11(17)12(15)5-2-6-12/h3-4H,2,5-6,15H2,1H3,(H,16,17). The van der Waals surface area contributed by atoms with Gasteiger partial charge in [-0.1, -0.05) is 29.3 Å². The third-order valence-corrected chi connectivity index (χ3v) is 4.02. The van der Waals surface area contributed by atoms with E-state index in [1.54, 1.807) is 6.07 Å². The maximum absolute atomic E-state index is 12.0. The van der Waals surface area contributed by atoms with Gasteiger partial charge in [-0.25, -0.2) is 0 Å². The van der Waals surface area contributed by atoms with E-state index in [0.29, 0.717) is 28.6 Å². The van der Waals surface area contributed by atoms with Gasteiger partial charge in [0.15, 0.2) is 0 Å². The van der Waals surface area contributed by atoms with Crippen molar-refractivity contribution in [3.8, 4) is 0 Å². The smallest absolute Gasteiger partial charge is 0.244 e. The van der Waals surface area contributed by atoms with Gasteiger partial charge in [-0.05, 0) is 37.8 Å². The minimum atomic E-state index is -0.754. The Bertz CT molecular complexity index is 470. The summed E-state index contributed by atoms with van der Waals surface area (Å²) in [5, 5.41) is 3.63. The molecule has 1 amide bonds. The summed E-state index contributed by atoms with van der Waals surface area (Å²) in [6.45, 7) is 1.86. The van der Waals surface area contributed by atoms with Crippen LogP contribution in [0.3, 0.4) is 0 Å². The fraction of sp³-hybridized carbons (Fsp3) is 0.417. The van der Waals surface area contributed by atoms with Crippen molar-refractivity contribution in [1.82, 2.24) is 0 Å². The molecule has 0 bridgehead atoms. The third kappa shape index (κ3) is 2.28. The molecule has 17 heavy (non-hydrogen) atoms. The van der Waals surface area contributed by atoms with Crippen LogP contribution >= 0.6 is 23.2 Å². The molecule has 5 heteroatoms. The molecule has 2 rings (SSSR count). The van der Waals surface area contributed by atoms with Crippen LogP contribution in [0.15, 0.2) is 12.1 Å². The van der Waals surface area contributed by atoms with Crippen molar-refractivity contribution >= 4 is 34.8 Å². The molecule has 3 nitrogen and oxygen atoms in total.